The molecule has 0 bridgehead atoms. The molecule has 0 amide bonds. The maximum absolute atomic E-state index is 11.7. The predicted molar refractivity (Wildman–Crippen MR) is 93.9 cm³/mol. The van der Waals surface area contributed by atoms with Crippen molar-refractivity contribution in [2.45, 2.75) is 0 Å². The molecule has 0 saturated heterocycles. The van der Waals surface area contributed by atoms with E-state index in [4.69, 9.17) is 9.72 Å². The van der Waals surface area contributed by atoms with E-state index >= 15 is 0 Å². The molecule has 0 radical (unpaired) electrons. The summed E-state index contributed by atoms with van der Waals surface area (Å²) in [5.41, 5.74) is 2.62. The van der Waals surface area contributed by atoms with Crippen molar-refractivity contribution in [2.24, 2.45) is 0 Å². The average Bonchev–Trinajstić information content (AvgIpc) is 3.04. The number of hydrogen-bond acceptors (Lipinski definition) is 4. The molecular weight excluding hydrogens is 306 g/mol. The lowest BCUT2D eigenvalue weighted by molar-refractivity contribution is 0.0601. The standard InChI is InChI=1S/C19H13NO2S/c1-22-19(21)14-9-7-12-6-8-13(10-15(12)11-14)18-20-16-4-2-3-5-17(16)23-18/h2-11H,1H3. The van der Waals surface area contributed by atoms with E-state index in [0.717, 1.165) is 26.9 Å². The lowest BCUT2D eigenvalue weighted by Gasteiger charge is -2.04. The molecule has 0 N–H and O–H groups in total. The van der Waals surface area contributed by atoms with Gasteiger partial charge in [-0.25, -0.2) is 9.78 Å². The summed E-state index contributed by atoms with van der Waals surface area (Å²) in [5, 5.41) is 3.07. The Balaban J connectivity index is 1.85. The predicted octanol–water partition coefficient (Wildman–Crippen LogP) is 4.90. The first kappa shape index (κ1) is 13.9. The maximum Gasteiger partial charge on any atom is 0.337 e. The normalized spacial score (nSPS) is 11.0. The van der Waals surface area contributed by atoms with Crippen molar-refractivity contribution in [1.29, 1.82) is 0 Å². The van der Waals surface area contributed by atoms with Gasteiger partial charge in [-0.05, 0) is 41.1 Å². The molecule has 0 aliphatic carbocycles. The first-order valence-corrected chi connectivity index (χ1v) is 8.04. The van der Waals surface area contributed by atoms with Gasteiger partial charge in [-0.15, -0.1) is 11.3 Å². The van der Waals surface area contributed by atoms with Crippen LogP contribution >= 0.6 is 11.3 Å². The summed E-state index contributed by atoms with van der Waals surface area (Å²) < 4.78 is 5.96. The Morgan fingerprint density at radius 2 is 1.83 bits per heavy atom. The van der Waals surface area contributed by atoms with E-state index in [1.807, 2.05) is 30.3 Å². The second kappa shape index (κ2) is 5.48. The number of esters is 1. The molecule has 0 atom stereocenters. The number of rotatable bonds is 2. The zero-order valence-corrected chi connectivity index (χ0v) is 13.3. The summed E-state index contributed by atoms with van der Waals surface area (Å²) in [7, 11) is 1.39. The summed E-state index contributed by atoms with van der Waals surface area (Å²) in [6.45, 7) is 0. The first-order chi connectivity index (χ1) is 11.2. The van der Waals surface area contributed by atoms with Crippen molar-refractivity contribution in [3.8, 4) is 10.6 Å². The number of aromatic nitrogens is 1. The zero-order chi connectivity index (χ0) is 15.8. The van der Waals surface area contributed by atoms with Crippen LogP contribution in [-0.4, -0.2) is 18.1 Å². The minimum absolute atomic E-state index is 0.322. The van der Waals surface area contributed by atoms with Gasteiger partial charge < -0.3 is 4.74 Å². The molecule has 4 aromatic rings. The molecule has 0 aliphatic rings. The second-order valence-corrected chi connectivity index (χ2v) is 6.29. The quantitative estimate of drug-likeness (QED) is 0.493. The molecule has 1 aromatic heterocycles. The molecule has 23 heavy (non-hydrogen) atoms. The fraction of sp³-hybridized carbons (Fsp3) is 0.0526. The number of benzene rings is 3. The lowest BCUT2D eigenvalue weighted by Crippen LogP contribution is -2.00. The van der Waals surface area contributed by atoms with Gasteiger partial charge in [0.25, 0.3) is 0 Å². The number of para-hydroxylation sites is 1. The van der Waals surface area contributed by atoms with Crippen molar-refractivity contribution in [2.75, 3.05) is 7.11 Å². The van der Waals surface area contributed by atoms with Gasteiger partial charge in [-0.1, -0.05) is 30.3 Å². The summed E-state index contributed by atoms with van der Waals surface area (Å²) in [6, 6.07) is 19.9. The van der Waals surface area contributed by atoms with Gasteiger partial charge in [0.2, 0.25) is 0 Å². The number of carbonyl (C=O) groups excluding carboxylic acids is 1. The van der Waals surface area contributed by atoms with Crippen LogP contribution in [0, 0.1) is 0 Å². The van der Waals surface area contributed by atoms with Crippen molar-refractivity contribution < 1.29 is 9.53 Å². The number of methoxy groups -OCH3 is 1. The van der Waals surface area contributed by atoms with Crippen molar-refractivity contribution in [3.05, 3.63) is 66.2 Å². The SMILES string of the molecule is COC(=O)c1ccc2ccc(-c3nc4ccccc4s3)cc2c1. The van der Waals surface area contributed by atoms with Crippen LogP contribution in [0.15, 0.2) is 60.7 Å². The van der Waals surface area contributed by atoms with Crippen LogP contribution in [0.3, 0.4) is 0 Å². The van der Waals surface area contributed by atoms with Gasteiger partial charge >= 0.3 is 5.97 Å². The fourth-order valence-corrected chi connectivity index (χ4v) is 3.58. The Morgan fingerprint density at radius 3 is 2.65 bits per heavy atom. The van der Waals surface area contributed by atoms with Gasteiger partial charge in [0.1, 0.15) is 5.01 Å². The highest BCUT2D eigenvalue weighted by atomic mass is 32.1. The zero-order valence-electron chi connectivity index (χ0n) is 12.4. The van der Waals surface area contributed by atoms with Crippen LogP contribution in [0.25, 0.3) is 31.6 Å². The molecule has 4 rings (SSSR count). The van der Waals surface area contributed by atoms with E-state index in [0.29, 0.717) is 5.56 Å². The number of fused-ring (bicyclic) bond motifs is 2. The van der Waals surface area contributed by atoms with E-state index in [9.17, 15) is 4.79 Å². The third kappa shape index (κ3) is 2.47. The van der Waals surface area contributed by atoms with E-state index in [1.54, 1.807) is 17.4 Å². The van der Waals surface area contributed by atoms with Crippen LogP contribution in [-0.2, 0) is 4.74 Å². The Kier molecular flexibility index (Phi) is 3.32. The minimum Gasteiger partial charge on any atom is -0.465 e. The Hall–Kier alpha value is -2.72. The van der Waals surface area contributed by atoms with Crippen LogP contribution in [0.1, 0.15) is 10.4 Å². The van der Waals surface area contributed by atoms with Crippen LogP contribution in [0.5, 0.6) is 0 Å². The number of thiazole rings is 1. The summed E-state index contributed by atoms with van der Waals surface area (Å²) in [4.78, 5) is 16.4. The molecule has 3 aromatic carbocycles. The molecule has 0 fully saturated rings. The highest BCUT2D eigenvalue weighted by Gasteiger charge is 2.09. The molecule has 4 heteroatoms. The number of carbonyl (C=O) groups is 1. The number of ether oxygens (including phenoxy) is 1. The highest BCUT2D eigenvalue weighted by Crippen LogP contribution is 2.32. The summed E-state index contributed by atoms with van der Waals surface area (Å²) >= 11 is 1.67. The molecule has 0 saturated carbocycles. The van der Waals surface area contributed by atoms with Crippen LogP contribution < -0.4 is 0 Å². The Morgan fingerprint density at radius 1 is 1.00 bits per heavy atom. The van der Waals surface area contributed by atoms with Gasteiger partial charge in [0, 0.05) is 5.56 Å². The monoisotopic (exact) mass is 319 g/mol. The van der Waals surface area contributed by atoms with Gasteiger partial charge in [0.05, 0.1) is 22.9 Å². The lowest BCUT2D eigenvalue weighted by atomic mass is 10.0. The van der Waals surface area contributed by atoms with E-state index in [-0.39, 0.29) is 5.97 Å². The molecule has 0 aliphatic heterocycles. The molecule has 1 heterocycles. The highest BCUT2D eigenvalue weighted by molar-refractivity contribution is 7.21. The molecule has 0 unspecified atom stereocenters. The third-order valence-corrected chi connectivity index (χ3v) is 4.89. The van der Waals surface area contributed by atoms with Crippen LogP contribution in [0.4, 0.5) is 0 Å². The maximum atomic E-state index is 11.7. The summed E-state index contributed by atoms with van der Waals surface area (Å²) in [6.07, 6.45) is 0. The van der Waals surface area contributed by atoms with Gasteiger partial charge in [-0.3, -0.25) is 0 Å². The van der Waals surface area contributed by atoms with Crippen molar-refractivity contribution >= 4 is 38.3 Å². The Bertz CT molecular complexity index is 1000. The number of hydrogen-bond donors (Lipinski definition) is 0. The molecule has 0 spiro atoms. The van der Waals surface area contributed by atoms with E-state index < -0.39 is 0 Å². The van der Waals surface area contributed by atoms with Crippen molar-refractivity contribution in [1.82, 2.24) is 4.98 Å². The molecular formula is C19H13NO2S. The van der Waals surface area contributed by atoms with Gasteiger partial charge in [0.15, 0.2) is 0 Å². The number of nitrogens with zero attached hydrogens (tertiary/aromatic N) is 1. The van der Waals surface area contributed by atoms with Crippen molar-refractivity contribution in [3.63, 3.8) is 0 Å². The van der Waals surface area contributed by atoms with Crippen LogP contribution in [0.2, 0.25) is 0 Å². The smallest absolute Gasteiger partial charge is 0.337 e. The fourth-order valence-electron chi connectivity index (χ4n) is 2.62. The largest absolute Gasteiger partial charge is 0.465 e. The second-order valence-electron chi connectivity index (χ2n) is 5.26. The first-order valence-electron chi connectivity index (χ1n) is 7.23. The van der Waals surface area contributed by atoms with E-state index in [1.165, 1.54) is 11.8 Å². The third-order valence-electron chi connectivity index (χ3n) is 3.80. The summed E-state index contributed by atoms with van der Waals surface area (Å²) in [5.74, 6) is -0.322. The minimum atomic E-state index is -0.322. The topological polar surface area (TPSA) is 39.2 Å². The molecule has 3 nitrogen and oxygen atoms in total. The Labute approximate surface area is 137 Å². The average molecular weight is 319 g/mol. The van der Waals surface area contributed by atoms with Gasteiger partial charge in [-0.2, -0.15) is 0 Å². The van der Waals surface area contributed by atoms with E-state index in [2.05, 4.69) is 24.3 Å². The molecule has 112 valence electrons.